The highest BCUT2D eigenvalue weighted by molar-refractivity contribution is 5.82. The maximum atomic E-state index is 12.2. The molecule has 0 heterocycles. The van der Waals surface area contributed by atoms with Gasteiger partial charge in [-0.3, -0.25) is 4.79 Å². The number of carbonyl (C=O) groups is 3. The third-order valence-electron chi connectivity index (χ3n) is 6.29. The van der Waals surface area contributed by atoms with Crippen LogP contribution in [-0.2, 0) is 23.8 Å². The van der Waals surface area contributed by atoms with Crippen LogP contribution in [0.25, 0.3) is 11.1 Å². The lowest BCUT2D eigenvalue weighted by molar-refractivity contribution is -0.160. The zero-order valence-electron chi connectivity index (χ0n) is 20.0. The van der Waals surface area contributed by atoms with E-state index in [1.165, 1.54) is 0 Å². The molecule has 0 radical (unpaired) electrons. The van der Waals surface area contributed by atoms with Gasteiger partial charge in [0.2, 0.25) is 5.91 Å². The number of fused-ring (bicyclic) bond motifs is 3. The summed E-state index contributed by atoms with van der Waals surface area (Å²) in [5.41, 5.74) is 4.54. The molecule has 8 nitrogen and oxygen atoms in total. The van der Waals surface area contributed by atoms with Crippen LogP contribution in [0.2, 0.25) is 0 Å². The topological polar surface area (TPSA) is 103 Å². The monoisotopic (exact) mass is 480 g/mol. The van der Waals surface area contributed by atoms with Gasteiger partial charge < -0.3 is 24.8 Å². The van der Waals surface area contributed by atoms with Crippen LogP contribution >= 0.6 is 0 Å². The number of unbranched alkanes of at least 4 members (excludes halogenated alkanes) is 1. The number of hydrogen-bond acceptors (Lipinski definition) is 6. The van der Waals surface area contributed by atoms with E-state index in [-0.39, 0.29) is 37.7 Å². The van der Waals surface area contributed by atoms with E-state index in [2.05, 4.69) is 22.8 Å². The van der Waals surface area contributed by atoms with Gasteiger partial charge in [-0.05, 0) is 47.4 Å². The summed E-state index contributed by atoms with van der Waals surface area (Å²) in [7, 11) is 0. The van der Waals surface area contributed by atoms with Crippen LogP contribution in [0, 0.1) is 5.92 Å². The molecular weight excluding hydrogens is 448 g/mol. The zero-order valence-corrected chi connectivity index (χ0v) is 20.0. The lowest BCUT2D eigenvalue weighted by Gasteiger charge is -2.17. The standard InChI is InChI=1S/C27H32N2O6/c1-2-3-14-33-26(31)25(18-12-13-18)35-17-29-24(30)15-28-27(32)34-16-23-21-10-6-4-8-19(21)20-9-5-7-11-22(20)23/h4-11,18,23,25H,2-3,12-17H2,1H3,(H,28,32)(H,29,30)/t25-/m0/s1. The van der Waals surface area contributed by atoms with Crippen LogP contribution in [0.3, 0.4) is 0 Å². The zero-order chi connectivity index (χ0) is 24.6. The molecule has 0 aromatic heterocycles. The third kappa shape index (κ3) is 6.39. The van der Waals surface area contributed by atoms with Crippen molar-refractivity contribution in [3.63, 3.8) is 0 Å². The van der Waals surface area contributed by atoms with E-state index < -0.39 is 18.1 Å². The van der Waals surface area contributed by atoms with Gasteiger partial charge in [-0.15, -0.1) is 0 Å². The summed E-state index contributed by atoms with van der Waals surface area (Å²) in [6, 6.07) is 16.2. The first-order valence-corrected chi connectivity index (χ1v) is 12.2. The van der Waals surface area contributed by atoms with Crippen molar-refractivity contribution in [1.82, 2.24) is 10.6 Å². The van der Waals surface area contributed by atoms with E-state index in [1.807, 2.05) is 43.3 Å². The predicted molar refractivity (Wildman–Crippen MR) is 130 cm³/mol. The maximum absolute atomic E-state index is 12.2. The van der Waals surface area contributed by atoms with Crippen molar-refractivity contribution in [2.75, 3.05) is 26.5 Å². The lowest BCUT2D eigenvalue weighted by Crippen LogP contribution is -2.40. The van der Waals surface area contributed by atoms with E-state index in [9.17, 15) is 14.4 Å². The maximum Gasteiger partial charge on any atom is 0.407 e. The molecule has 0 spiro atoms. The van der Waals surface area contributed by atoms with Crippen LogP contribution < -0.4 is 10.6 Å². The molecule has 2 aliphatic carbocycles. The molecule has 2 aliphatic rings. The Kier molecular flexibility index (Phi) is 8.36. The molecule has 0 saturated heterocycles. The molecule has 0 unspecified atom stereocenters. The number of benzene rings is 2. The Morgan fingerprint density at radius 1 is 0.943 bits per heavy atom. The van der Waals surface area contributed by atoms with Gasteiger partial charge in [0.25, 0.3) is 0 Å². The van der Waals surface area contributed by atoms with E-state index in [1.54, 1.807) is 0 Å². The Labute approximate surface area is 205 Å². The molecule has 1 saturated carbocycles. The second-order valence-corrected chi connectivity index (χ2v) is 8.87. The van der Waals surface area contributed by atoms with Crippen molar-refractivity contribution >= 4 is 18.0 Å². The number of alkyl carbamates (subject to hydrolysis) is 1. The molecule has 186 valence electrons. The number of amides is 2. The average molecular weight is 481 g/mol. The molecule has 2 aromatic carbocycles. The van der Waals surface area contributed by atoms with Crippen molar-refractivity contribution in [3.8, 4) is 11.1 Å². The number of carbonyl (C=O) groups excluding carboxylic acids is 3. The largest absolute Gasteiger partial charge is 0.464 e. The van der Waals surface area contributed by atoms with Gasteiger partial charge in [0.05, 0.1) is 6.61 Å². The van der Waals surface area contributed by atoms with Crippen LogP contribution in [0.4, 0.5) is 4.79 Å². The molecule has 4 rings (SSSR count). The molecule has 1 fully saturated rings. The Morgan fingerprint density at radius 3 is 2.23 bits per heavy atom. The van der Waals surface area contributed by atoms with Gasteiger partial charge in [0.1, 0.15) is 19.9 Å². The second-order valence-electron chi connectivity index (χ2n) is 8.87. The van der Waals surface area contributed by atoms with Gasteiger partial charge >= 0.3 is 12.1 Å². The van der Waals surface area contributed by atoms with Crippen molar-refractivity contribution in [2.45, 2.75) is 44.6 Å². The van der Waals surface area contributed by atoms with E-state index in [0.717, 1.165) is 47.9 Å². The minimum Gasteiger partial charge on any atom is -0.464 e. The molecule has 2 aromatic rings. The molecule has 0 aliphatic heterocycles. The Balaban J connectivity index is 1.18. The fourth-order valence-corrected chi connectivity index (χ4v) is 4.27. The molecule has 2 N–H and O–H groups in total. The van der Waals surface area contributed by atoms with Gasteiger partial charge in [0.15, 0.2) is 6.10 Å². The summed E-state index contributed by atoms with van der Waals surface area (Å²) in [5, 5.41) is 5.02. The van der Waals surface area contributed by atoms with E-state index in [4.69, 9.17) is 14.2 Å². The third-order valence-corrected chi connectivity index (χ3v) is 6.29. The molecule has 35 heavy (non-hydrogen) atoms. The summed E-state index contributed by atoms with van der Waals surface area (Å²) >= 11 is 0. The highest BCUT2D eigenvalue weighted by atomic mass is 16.6. The van der Waals surface area contributed by atoms with Crippen LogP contribution in [0.5, 0.6) is 0 Å². The molecule has 8 heteroatoms. The van der Waals surface area contributed by atoms with Crippen LogP contribution in [0.1, 0.15) is 49.7 Å². The van der Waals surface area contributed by atoms with E-state index in [0.29, 0.717) is 6.61 Å². The van der Waals surface area contributed by atoms with Gasteiger partial charge in [0, 0.05) is 5.92 Å². The van der Waals surface area contributed by atoms with Crippen molar-refractivity contribution in [1.29, 1.82) is 0 Å². The first-order chi connectivity index (χ1) is 17.1. The first kappa shape index (κ1) is 24.7. The second kappa shape index (κ2) is 11.8. The van der Waals surface area contributed by atoms with Crippen LogP contribution in [-0.4, -0.2) is 50.6 Å². The highest BCUT2D eigenvalue weighted by Gasteiger charge is 2.38. The summed E-state index contributed by atoms with van der Waals surface area (Å²) < 4.78 is 16.2. The molecular formula is C27H32N2O6. The quantitative estimate of drug-likeness (QED) is 0.273. The number of esters is 1. The van der Waals surface area contributed by atoms with Gasteiger partial charge in [-0.1, -0.05) is 61.9 Å². The normalized spacial score (nSPS) is 15.0. The van der Waals surface area contributed by atoms with Crippen molar-refractivity contribution in [2.24, 2.45) is 5.92 Å². The van der Waals surface area contributed by atoms with Gasteiger partial charge in [-0.2, -0.15) is 0 Å². The summed E-state index contributed by atoms with van der Waals surface area (Å²) in [6.45, 7) is 2.19. The first-order valence-electron chi connectivity index (χ1n) is 12.2. The minimum absolute atomic E-state index is 0.0492. The smallest absolute Gasteiger partial charge is 0.407 e. The van der Waals surface area contributed by atoms with Crippen molar-refractivity contribution < 1.29 is 28.6 Å². The van der Waals surface area contributed by atoms with E-state index >= 15 is 0 Å². The number of rotatable bonds is 12. The Morgan fingerprint density at radius 2 is 1.60 bits per heavy atom. The molecule has 2 amide bonds. The highest BCUT2D eigenvalue weighted by Crippen LogP contribution is 2.44. The SMILES string of the molecule is CCCCOC(=O)[C@@H](OCNC(=O)CNC(=O)OCC1c2ccccc2-c2ccccc21)C1CC1. The minimum atomic E-state index is -0.668. The molecule has 1 atom stereocenters. The number of nitrogens with one attached hydrogen (secondary N) is 2. The number of ether oxygens (including phenoxy) is 3. The average Bonchev–Trinajstić information content (AvgIpc) is 3.66. The summed E-state index contributed by atoms with van der Waals surface area (Å²) in [6.07, 6.45) is 2.23. The Bertz CT molecular complexity index is 1010. The summed E-state index contributed by atoms with van der Waals surface area (Å²) in [5.74, 6) is -0.730. The Hall–Kier alpha value is -3.39. The van der Waals surface area contributed by atoms with Gasteiger partial charge in [-0.25, -0.2) is 9.59 Å². The van der Waals surface area contributed by atoms with Crippen molar-refractivity contribution in [3.05, 3.63) is 59.7 Å². The van der Waals surface area contributed by atoms with Crippen LogP contribution in [0.15, 0.2) is 48.5 Å². The lowest BCUT2D eigenvalue weighted by atomic mass is 9.98. The predicted octanol–water partition coefficient (Wildman–Crippen LogP) is 3.74. The fraction of sp³-hybridized carbons (Fsp3) is 0.444. The molecule has 0 bridgehead atoms. The summed E-state index contributed by atoms with van der Waals surface area (Å²) in [4.78, 5) is 36.5. The number of hydrogen-bond donors (Lipinski definition) is 2. The fourth-order valence-electron chi connectivity index (χ4n) is 4.27.